The highest BCUT2D eigenvalue weighted by molar-refractivity contribution is 9.11. The van der Waals surface area contributed by atoms with E-state index in [0.29, 0.717) is 0 Å². The van der Waals surface area contributed by atoms with Gasteiger partial charge in [0, 0.05) is 0 Å². The maximum absolute atomic E-state index is 11.8. The quantitative estimate of drug-likeness (QED) is 0.483. The Kier molecular flexibility index (Phi) is 8.95. The first-order valence-electron chi connectivity index (χ1n) is 4.19. The van der Waals surface area contributed by atoms with Crippen molar-refractivity contribution in [2.24, 2.45) is 0 Å². The first kappa shape index (κ1) is 14.8. The van der Waals surface area contributed by atoms with Gasteiger partial charge in [-0.2, -0.15) is 0 Å². The van der Waals surface area contributed by atoms with Crippen LogP contribution in [0, 0.1) is 0 Å². The van der Waals surface area contributed by atoms with Crippen molar-refractivity contribution >= 4 is 23.8 Å². The first-order valence-corrected chi connectivity index (χ1v) is 6.57. The summed E-state index contributed by atoms with van der Waals surface area (Å²) in [6.07, 6.45) is 4.56. The highest BCUT2D eigenvalue weighted by Gasteiger charge is 2.24. The van der Waals surface area contributed by atoms with Crippen molar-refractivity contribution in [1.82, 2.24) is 0 Å². The maximum Gasteiger partial charge on any atom is 0.475 e. The van der Waals surface area contributed by atoms with Gasteiger partial charge in [0.1, 0.15) is 0 Å². The summed E-state index contributed by atoms with van der Waals surface area (Å²) in [6.45, 7) is 7.23. The molecule has 0 unspecified atom stereocenters. The third-order valence-corrected chi connectivity index (χ3v) is 2.89. The number of phosphoric ester groups is 1. The second-order valence-electron chi connectivity index (χ2n) is 2.27. The van der Waals surface area contributed by atoms with E-state index >= 15 is 0 Å². The Hall–Kier alpha value is -0.190. The molecule has 0 aromatic rings. The number of phosphoric acid groups is 1. The van der Waals surface area contributed by atoms with E-state index in [2.05, 4.69) is 29.1 Å². The molecule has 0 radical (unpaired) electrons. The fourth-order valence-electron chi connectivity index (χ4n) is 0.570. The van der Waals surface area contributed by atoms with E-state index < -0.39 is 7.82 Å². The average Bonchev–Trinajstić information content (AvgIpc) is 2.24. The van der Waals surface area contributed by atoms with Gasteiger partial charge in [0.25, 0.3) is 0 Å². The van der Waals surface area contributed by atoms with Gasteiger partial charge < -0.3 is 0 Å². The topological polar surface area (TPSA) is 44.8 Å². The fourth-order valence-corrected chi connectivity index (χ4v) is 1.79. The van der Waals surface area contributed by atoms with Gasteiger partial charge in [-0.3, -0.25) is 13.6 Å². The molecule has 4 nitrogen and oxygen atoms in total. The number of rotatable bonds is 9. The minimum absolute atomic E-state index is 0.104. The molecule has 0 aromatic carbocycles. The van der Waals surface area contributed by atoms with Crippen LogP contribution in [0.25, 0.3) is 0 Å². The molecular formula is C9H14BrO4P. The van der Waals surface area contributed by atoms with Crippen molar-refractivity contribution in [3.63, 3.8) is 0 Å². The Labute approximate surface area is 98.3 Å². The zero-order valence-electron chi connectivity index (χ0n) is 8.30. The van der Waals surface area contributed by atoms with Crippen molar-refractivity contribution < 1.29 is 18.1 Å². The second kappa shape index (κ2) is 9.07. The molecule has 0 heterocycles. The van der Waals surface area contributed by atoms with Gasteiger partial charge in [-0.25, -0.2) is 4.57 Å². The third kappa shape index (κ3) is 7.71. The number of hydrogen-bond donors (Lipinski definition) is 0. The van der Waals surface area contributed by atoms with Crippen LogP contribution in [-0.4, -0.2) is 19.8 Å². The fraction of sp³-hybridized carbons (Fsp3) is 0.333. The standard InChI is InChI=1S/C9H14BrO4P/c1-3-7-12-15(11,13-8-4-2)14-9-5-6-10/h3-6H,1-2,7-9H2. The lowest BCUT2D eigenvalue weighted by Gasteiger charge is -2.15. The smallest absolute Gasteiger partial charge is 0.283 e. The Bertz CT molecular complexity index is 249. The summed E-state index contributed by atoms with van der Waals surface area (Å²) in [4.78, 5) is 1.60. The van der Waals surface area contributed by atoms with Crippen LogP contribution in [0.3, 0.4) is 0 Å². The van der Waals surface area contributed by atoms with Crippen LogP contribution in [-0.2, 0) is 18.1 Å². The van der Waals surface area contributed by atoms with Gasteiger partial charge in [0.05, 0.1) is 19.8 Å². The van der Waals surface area contributed by atoms with Gasteiger partial charge in [-0.1, -0.05) is 34.2 Å². The molecule has 0 atom stereocenters. The lowest BCUT2D eigenvalue weighted by molar-refractivity contribution is 0.141. The second-order valence-corrected chi connectivity index (χ2v) is 4.47. The van der Waals surface area contributed by atoms with Crippen molar-refractivity contribution in [3.05, 3.63) is 36.4 Å². The van der Waals surface area contributed by atoms with Gasteiger partial charge in [0.2, 0.25) is 0 Å². The highest BCUT2D eigenvalue weighted by Crippen LogP contribution is 2.49. The van der Waals surface area contributed by atoms with Crippen LogP contribution < -0.4 is 0 Å². The minimum atomic E-state index is -3.50. The molecule has 86 valence electrons. The number of halogens is 1. The van der Waals surface area contributed by atoms with Crippen LogP contribution in [0.2, 0.25) is 0 Å². The summed E-state index contributed by atoms with van der Waals surface area (Å²) in [7, 11) is -3.50. The first-order chi connectivity index (χ1) is 7.18. The summed E-state index contributed by atoms with van der Waals surface area (Å²) in [6, 6.07) is 0. The highest BCUT2D eigenvalue weighted by atomic mass is 79.9. The van der Waals surface area contributed by atoms with Crippen molar-refractivity contribution in [3.8, 4) is 0 Å². The monoisotopic (exact) mass is 296 g/mol. The van der Waals surface area contributed by atoms with E-state index in [4.69, 9.17) is 13.6 Å². The molecule has 15 heavy (non-hydrogen) atoms. The van der Waals surface area contributed by atoms with Crippen LogP contribution in [0.15, 0.2) is 36.4 Å². The van der Waals surface area contributed by atoms with Crippen LogP contribution in [0.1, 0.15) is 0 Å². The molecule has 0 fully saturated rings. The normalized spacial score (nSPS) is 11.8. The van der Waals surface area contributed by atoms with E-state index in [1.54, 1.807) is 11.1 Å². The van der Waals surface area contributed by atoms with Crippen LogP contribution in [0.4, 0.5) is 0 Å². The van der Waals surface area contributed by atoms with Gasteiger partial charge in [0.15, 0.2) is 0 Å². The zero-order valence-corrected chi connectivity index (χ0v) is 10.8. The van der Waals surface area contributed by atoms with E-state index in [1.807, 2.05) is 0 Å². The molecule has 0 rings (SSSR count). The van der Waals surface area contributed by atoms with E-state index in [1.165, 1.54) is 12.2 Å². The lowest BCUT2D eigenvalue weighted by atomic mass is 10.7. The molecular weight excluding hydrogens is 283 g/mol. The van der Waals surface area contributed by atoms with Crippen molar-refractivity contribution in [2.75, 3.05) is 19.8 Å². The van der Waals surface area contributed by atoms with Gasteiger partial charge in [-0.05, 0) is 4.99 Å². The third-order valence-electron chi connectivity index (χ3n) is 1.12. The maximum atomic E-state index is 11.8. The van der Waals surface area contributed by atoms with Crippen molar-refractivity contribution in [1.29, 1.82) is 0 Å². The average molecular weight is 297 g/mol. The zero-order chi connectivity index (χ0) is 11.6. The molecule has 0 aromatic heterocycles. The van der Waals surface area contributed by atoms with Gasteiger partial charge in [-0.15, -0.1) is 13.2 Å². The predicted molar refractivity (Wildman–Crippen MR) is 63.9 cm³/mol. The molecule has 0 spiro atoms. The number of hydrogen-bond acceptors (Lipinski definition) is 4. The van der Waals surface area contributed by atoms with Crippen LogP contribution >= 0.6 is 23.8 Å². The molecule has 0 aliphatic rings. The molecule has 0 N–H and O–H groups in total. The lowest BCUT2D eigenvalue weighted by Crippen LogP contribution is -2.00. The SMILES string of the molecule is C=CCOP(=O)(OCC=C)OCC=CBr. The predicted octanol–water partition coefficient (Wildman–Crippen LogP) is 3.42. The summed E-state index contributed by atoms with van der Waals surface area (Å²) >= 11 is 3.06. The Balaban J connectivity index is 4.18. The Morgan fingerprint density at radius 1 is 1.07 bits per heavy atom. The summed E-state index contributed by atoms with van der Waals surface area (Å²) < 4.78 is 26.6. The summed E-state index contributed by atoms with van der Waals surface area (Å²) in [5.41, 5.74) is 0. The van der Waals surface area contributed by atoms with E-state index in [0.717, 1.165) is 0 Å². The van der Waals surface area contributed by atoms with Crippen molar-refractivity contribution in [2.45, 2.75) is 0 Å². The molecule has 0 amide bonds. The summed E-state index contributed by atoms with van der Waals surface area (Å²) in [5, 5.41) is 0. The van der Waals surface area contributed by atoms with E-state index in [-0.39, 0.29) is 19.8 Å². The van der Waals surface area contributed by atoms with E-state index in [9.17, 15) is 4.57 Å². The molecule has 0 saturated carbocycles. The molecule has 0 aliphatic carbocycles. The Morgan fingerprint density at radius 3 is 1.93 bits per heavy atom. The van der Waals surface area contributed by atoms with Crippen LogP contribution in [0.5, 0.6) is 0 Å². The van der Waals surface area contributed by atoms with Gasteiger partial charge >= 0.3 is 7.82 Å². The largest absolute Gasteiger partial charge is 0.475 e. The molecule has 0 bridgehead atoms. The molecule has 0 saturated heterocycles. The molecule has 6 heteroatoms. The minimum Gasteiger partial charge on any atom is -0.283 e. The molecule has 0 aliphatic heterocycles. The Morgan fingerprint density at radius 2 is 1.53 bits per heavy atom. The summed E-state index contributed by atoms with van der Waals surface area (Å²) in [5.74, 6) is 0.